The molecule has 18 heteroatoms. The summed E-state index contributed by atoms with van der Waals surface area (Å²) in [7, 11) is 1.44. The lowest BCUT2D eigenvalue weighted by atomic mass is 9.89. The average Bonchev–Trinajstić information content (AvgIpc) is 3.22. The van der Waals surface area contributed by atoms with Crippen molar-refractivity contribution in [2.45, 2.75) is 169 Å². The fourth-order valence-corrected chi connectivity index (χ4v) is 7.49. The van der Waals surface area contributed by atoms with Crippen molar-refractivity contribution in [1.29, 1.82) is 0 Å². The molecule has 0 aromatic rings. The largest absolute Gasteiger partial charge is 0.462 e. The molecular formula is C46H73N3O15. The molecule has 3 rings (SSSR count). The highest BCUT2D eigenvalue weighted by Gasteiger charge is 2.44. The summed E-state index contributed by atoms with van der Waals surface area (Å²) in [4.78, 5) is 25.0. The Morgan fingerprint density at radius 3 is 1.97 bits per heavy atom. The van der Waals surface area contributed by atoms with Crippen molar-refractivity contribution in [1.82, 2.24) is 10.6 Å². The standard InChI is InChI=1S/C46H73N3O15/c1-29-16-14-12-10-8-6-4-5-7-9-11-13-15-17-34(63-44-43(58)42(47)39(56)28-61-44)26-40-35(49-45(59)48-3)20-21-46(60,64-40)27-33(52)24-38(55)36(53)19-18-31(50)23-32(51)25-41(57)62-30(2)22-37(29)54/h4-17,29-40,42-44,50-56,58,60H,18-28,47H2,1-3H3,(H2,48,49,59)/b5-4+,8-6+,9-7+,12-10+,13-11+,16-14+,17-15+/t29-,30-,31+,32+,33-,34-,35?,36+,37-,38+,39+,40-,42-,43-,44-,46-/m0/s1. The molecule has 3 aliphatic heterocycles. The molecular weight excluding hydrogens is 835 g/mol. The minimum Gasteiger partial charge on any atom is -0.462 e. The summed E-state index contributed by atoms with van der Waals surface area (Å²) in [6, 6.07) is -2.21. The van der Waals surface area contributed by atoms with E-state index in [-0.39, 0.29) is 70.3 Å². The first-order valence-corrected chi connectivity index (χ1v) is 22.1. The van der Waals surface area contributed by atoms with Crippen molar-refractivity contribution in [3.05, 3.63) is 85.1 Å². The molecule has 18 nitrogen and oxygen atoms in total. The Morgan fingerprint density at radius 2 is 1.34 bits per heavy atom. The molecule has 0 aromatic carbocycles. The number of esters is 1. The van der Waals surface area contributed by atoms with Crippen LogP contribution in [0.5, 0.6) is 0 Å². The number of carbonyl (C=O) groups excluding carboxylic acids is 2. The number of aliphatic hydroxyl groups is 9. The number of carbonyl (C=O) groups is 2. The van der Waals surface area contributed by atoms with E-state index in [0.717, 1.165) is 0 Å². The van der Waals surface area contributed by atoms with Gasteiger partial charge in [-0.3, -0.25) is 4.79 Å². The molecule has 0 spiro atoms. The third-order valence-corrected chi connectivity index (χ3v) is 11.3. The van der Waals surface area contributed by atoms with E-state index in [4.69, 9.17) is 24.7 Å². The topological polar surface area (TPSA) is 303 Å². The number of allylic oxidation sites excluding steroid dienone is 12. The molecule has 3 aliphatic rings. The Hall–Kier alpha value is -3.60. The van der Waals surface area contributed by atoms with Crippen LogP contribution in [0.2, 0.25) is 0 Å². The maximum Gasteiger partial charge on any atom is 0.314 e. The van der Waals surface area contributed by atoms with Gasteiger partial charge >= 0.3 is 12.0 Å². The first-order chi connectivity index (χ1) is 30.4. The van der Waals surface area contributed by atoms with Gasteiger partial charge in [-0.1, -0.05) is 92.0 Å². The number of aliphatic hydroxyl groups excluding tert-OH is 8. The van der Waals surface area contributed by atoms with E-state index >= 15 is 0 Å². The number of hydrogen-bond donors (Lipinski definition) is 12. The summed E-state index contributed by atoms with van der Waals surface area (Å²) >= 11 is 0. The van der Waals surface area contributed by atoms with E-state index in [2.05, 4.69) is 10.6 Å². The molecule has 16 atom stereocenters. The Balaban J connectivity index is 1.83. The number of fused-ring (bicyclic) bond motifs is 2. The SMILES string of the molecule is CNC(=O)NC1CC[C@@]2(O)C[C@@H](O)C[C@@H](O)[C@H](O)CC[C@@H](O)C[C@@H](O)CC(=O)O[C@@H](C)C[C@H](O)[C@@H](C)/C=C/C=C/C=C/C=C/C=C/C=C/C=C/[C@H](O[C@@H]3OC[C@@H](O)[C@H](N)[C@@H]3O)C[C@@H]1O2. The highest BCUT2D eigenvalue weighted by molar-refractivity contribution is 5.73. The fourth-order valence-electron chi connectivity index (χ4n) is 7.49. The van der Waals surface area contributed by atoms with Gasteiger partial charge in [0.15, 0.2) is 12.1 Å². The maximum atomic E-state index is 12.5. The van der Waals surface area contributed by atoms with E-state index in [1.807, 2.05) is 55.5 Å². The van der Waals surface area contributed by atoms with Crippen LogP contribution in [-0.4, -0.2) is 163 Å². The quantitative estimate of drug-likeness (QED) is 0.174. The van der Waals surface area contributed by atoms with E-state index in [9.17, 15) is 55.5 Å². The van der Waals surface area contributed by atoms with Crippen LogP contribution in [0.25, 0.3) is 0 Å². The summed E-state index contributed by atoms with van der Waals surface area (Å²) in [6.07, 6.45) is 10.3. The molecule has 3 heterocycles. The highest BCUT2D eigenvalue weighted by atomic mass is 16.7. The molecule has 0 saturated carbocycles. The number of ether oxygens (including phenoxy) is 4. The number of nitrogens with one attached hydrogen (secondary N) is 2. The van der Waals surface area contributed by atoms with E-state index < -0.39 is 110 Å². The summed E-state index contributed by atoms with van der Waals surface area (Å²) in [5, 5.41) is 102. The monoisotopic (exact) mass is 908 g/mol. The Bertz CT molecular complexity index is 1610. The minimum absolute atomic E-state index is 0.00340. The summed E-state index contributed by atoms with van der Waals surface area (Å²) in [5.74, 6) is -2.89. The van der Waals surface area contributed by atoms with Crippen LogP contribution >= 0.6 is 0 Å². The summed E-state index contributed by atoms with van der Waals surface area (Å²) in [5.41, 5.74) is 5.99. The average molecular weight is 908 g/mol. The zero-order valence-electron chi connectivity index (χ0n) is 37.1. The number of rotatable bonds is 3. The van der Waals surface area contributed by atoms with Gasteiger partial charge in [0, 0.05) is 45.1 Å². The number of hydrogen-bond acceptors (Lipinski definition) is 16. The van der Waals surface area contributed by atoms with Crippen molar-refractivity contribution in [3.63, 3.8) is 0 Å². The van der Waals surface area contributed by atoms with Crippen molar-refractivity contribution in [3.8, 4) is 0 Å². The lowest BCUT2D eigenvalue weighted by Crippen LogP contribution is -2.59. The Labute approximate surface area is 376 Å². The molecule has 0 radical (unpaired) electrons. The highest BCUT2D eigenvalue weighted by Crippen LogP contribution is 2.35. The first kappa shape index (κ1) is 54.7. The van der Waals surface area contributed by atoms with Gasteiger partial charge in [-0.15, -0.1) is 0 Å². The molecule has 0 aliphatic carbocycles. The van der Waals surface area contributed by atoms with Crippen molar-refractivity contribution < 1.29 is 74.5 Å². The van der Waals surface area contributed by atoms with Crippen molar-refractivity contribution >= 4 is 12.0 Å². The maximum absolute atomic E-state index is 12.5. The first-order valence-electron chi connectivity index (χ1n) is 22.1. The van der Waals surface area contributed by atoms with Gasteiger partial charge in [0.2, 0.25) is 0 Å². The molecule has 0 aromatic heterocycles. The molecule has 2 amide bonds. The number of cyclic esters (lactones) is 1. The van der Waals surface area contributed by atoms with Crippen LogP contribution in [0.4, 0.5) is 4.79 Å². The molecule has 2 bridgehead atoms. The molecule has 2 fully saturated rings. The van der Waals surface area contributed by atoms with Gasteiger partial charge in [-0.25, -0.2) is 4.79 Å². The van der Waals surface area contributed by atoms with Crippen LogP contribution < -0.4 is 16.4 Å². The third-order valence-electron chi connectivity index (χ3n) is 11.3. The van der Waals surface area contributed by atoms with Crippen LogP contribution in [0, 0.1) is 5.92 Å². The normalized spacial score (nSPS) is 42.4. The van der Waals surface area contributed by atoms with Crippen molar-refractivity contribution in [2.24, 2.45) is 11.7 Å². The zero-order chi connectivity index (χ0) is 47.2. The second-order valence-electron chi connectivity index (χ2n) is 16.9. The second-order valence-corrected chi connectivity index (χ2v) is 16.9. The molecule has 13 N–H and O–H groups in total. The number of amides is 2. The lowest BCUT2D eigenvalue weighted by molar-refractivity contribution is -0.284. The second kappa shape index (κ2) is 28.4. The van der Waals surface area contributed by atoms with Gasteiger partial charge in [-0.05, 0) is 32.6 Å². The smallest absolute Gasteiger partial charge is 0.314 e. The Morgan fingerprint density at radius 1 is 0.734 bits per heavy atom. The minimum atomic E-state index is -1.95. The van der Waals surface area contributed by atoms with Gasteiger partial charge in [0.25, 0.3) is 0 Å². The van der Waals surface area contributed by atoms with Crippen LogP contribution in [-0.2, 0) is 23.7 Å². The van der Waals surface area contributed by atoms with E-state index in [1.54, 1.807) is 43.4 Å². The van der Waals surface area contributed by atoms with Crippen LogP contribution in [0.15, 0.2) is 85.1 Å². The Kier molecular flexibility index (Phi) is 24.3. The van der Waals surface area contributed by atoms with Crippen molar-refractivity contribution in [2.75, 3.05) is 13.7 Å². The number of nitrogens with two attached hydrogens (primary N) is 1. The number of urea groups is 1. The molecule has 362 valence electrons. The van der Waals surface area contributed by atoms with E-state index in [1.165, 1.54) is 7.05 Å². The zero-order valence-corrected chi connectivity index (χ0v) is 37.1. The predicted octanol–water partition coefficient (Wildman–Crippen LogP) is 0.703. The lowest BCUT2D eigenvalue weighted by Gasteiger charge is -2.44. The van der Waals surface area contributed by atoms with Gasteiger partial charge in [0.1, 0.15) is 12.2 Å². The predicted molar refractivity (Wildman–Crippen MR) is 237 cm³/mol. The molecule has 64 heavy (non-hydrogen) atoms. The van der Waals surface area contributed by atoms with Crippen LogP contribution in [0.3, 0.4) is 0 Å². The van der Waals surface area contributed by atoms with E-state index in [0.29, 0.717) is 0 Å². The molecule has 1 unspecified atom stereocenters. The van der Waals surface area contributed by atoms with Gasteiger partial charge < -0.3 is 81.3 Å². The summed E-state index contributed by atoms with van der Waals surface area (Å²) in [6.45, 7) is 3.28. The molecule has 2 saturated heterocycles. The van der Waals surface area contributed by atoms with Crippen LogP contribution in [0.1, 0.15) is 78.1 Å². The fraction of sp³-hybridized carbons (Fsp3) is 0.652. The van der Waals surface area contributed by atoms with Gasteiger partial charge in [0.05, 0.1) is 80.0 Å². The van der Waals surface area contributed by atoms with Gasteiger partial charge in [-0.2, -0.15) is 0 Å². The third kappa shape index (κ3) is 20.3. The summed E-state index contributed by atoms with van der Waals surface area (Å²) < 4.78 is 23.3.